The molecule has 2 heterocycles. The summed E-state index contributed by atoms with van der Waals surface area (Å²) in [7, 11) is 0. The number of aryl methyl sites for hydroxylation is 1. The van der Waals surface area contributed by atoms with E-state index in [4.69, 9.17) is 5.73 Å². The highest BCUT2D eigenvalue weighted by Gasteiger charge is 2.31. The minimum atomic E-state index is 0.00141. The van der Waals surface area contributed by atoms with E-state index in [1.54, 1.807) is 0 Å². The molecule has 3 N–H and O–H groups in total. The number of hydrogen-bond acceptors (Lipinski definition) is 3. The minimum absolute atomic E-state index is 0.00141. The molecular formula is C12H20N4O. The fourth-order valence-corrected chi connectivity index (χ4v) is 2.47. The molecule has 1 aromatic rings. The molecule has 0 saturated carbocycles. The molecule has 1 fully saturated rings. The van der Waals surface area contributed by atoms with Gasteiger partial charge in [-0.25, -0.2) is 0 Å². The van der Waals surface area contributed by atoms with Gasteiger partial charge < -0.3 is 10.6 Å². The number of aromatic nitrogens is 2. The monoisotopic (exact) mass is 236 g/mol. The molecule has 1 saturated heterocycles. The van der Waals surface area contributed by atoms with E-state index in [0.29, 0.717) is 11.4 Å². The van der Waals surface area contributed by atoms with Gasteiger partial charge in [-0.1, -0.05) is 13.8 Å². The van der Waals surface area contributed by atoms with Crippen molar-refractivity contribution in [1.82, 2.24) is 15.1 Å². The van der Waals surface area contributed by atoms with Gasteiger partial charge in [-0.2, -0.15) is 5.10 Å². The number of hydrogen-bond donors (Lipinski definition) is 2. The lowest BCUT2D eigenvalue weighted by Crippen LogP contribution is -2.43. The van der Waals surface area contributed by atoms with E-state index >= 15 is 0 Å². The van der Waals surface area contributed by atoms with Crippen molar-refractivity contribution >= 4 is 11.7 Å². The summed E-state index contributed by atoms with van der Waals surface area (Å²) < 4.78 is 0. The molecule has 1 amide bonds. The molecule has 17 heavy (non-hydrogen) atoms. The molecule has 0 aromatic carbocycles. The number of nitrogens with one attached hydrogen (secondary N) is 1. The largest absolute Gasteiger partial charge is 0.382 e. The smallest absolute Gasteiger partial charge is 0.259 e. The maximum atomic E-state index is 12.4. The zero-order valence-corrected chi connectivity index (χ0v) is 10.7. The third-order valence-electron chi connectivity index (χ3n) is 3.38. The fourth-order valence-electron chi connectivity index (χ4n) is 2.47. The molecule has 0 aliphatic carbocycles. The Kier molecular flexibility index (Phi) is 2.85. The van der Waals surface area contributed by atoms with Crippen LogP contribution in [-0.2, 0) is 0 Å². The van der Waals surface area contributed by atoms with Crippen LogP contribution in [0.2, 0.25) is 0 Å². The van der Waals surface area contributed by atoms with Crippen LogP contribution in [0.15, 0.2) is 0 Å². The number of H-pyrrole nitrogens is 1. The Labute approximate surface area is 101 Å². The van der Waals surface area contributed by atoms with Crippen molar-refractivity contribution in [3.63, 3.8) is 0 Å². The topological polar surface area (TPSA) is 75.0 Å². The van der Waals surface area contributed by atoms with Crippen LogP contribution >= 0.6 is 0 Å². The second-order valence-corrected chi connectivity index (χ2v) is 5.60. The Morgan fingerprint density at radius 1 is 1.53 bits per heavy atom. The highest BCUT2D eigenvalue weighted by molar-refractivity contribution is 5.99. The van der Waals surface area contributed by atoms with E-state index in [1.807, 2.05) is 11.8 Å². The van der Waals surface area contributed by atoms with Crippen LogP contribution in [0.25, 0.3) is 0 Å². The van der Waals surface area contributed by atoms with Gasteiger partial charge in [0.15, 0.2) is 5.82 Å². The summed E-state index contributed by atoms with van der Waals surface area (Å²) in [6.07, 6.45) is 2.21. The van der Waals surface area contributed by atoms with Crippen molar-refractivity contribution in [3.8, 4) is 0 Å². The molecule has 0 spiro atoms. The van der Waals surface area contributed by atoms with Gasteiger partial charge in [0.1, 0.15) is 5.56 Å². The molecule has 5 heteroatoms. The maximum Gasteiger partial charge on any atom is 0.259 e. The molecule has 5 nitrogen and oxygen atoms in total. The predicted octanol–water partition coefficient (Wildman–Crippen LogP) is 1.56. The van der Waals surface area contributed by atoms with Crippen molar-refractivity contribution in [1.29, 1.82) is 0 Å². The molecule has 0 unspecified atom stereocenters. The number of aromatic amines is 1. The van der Waals surface area contributed by atoms with E-state index < -0.39 is 0 Å². The summed E-state index contributed by atoms with van der Waals surface area (Å²) in [6.45, 7) is 7.81. The van der Waals surface area contributed by atoms with Gasteiger partial charge >= 0.3 is 0 Å². The summed E-state index contributed by atoms with van der Waals surface area (Å²) in [5.41, 5.74) is 7.20. The molecule has 1 aliphatic rings. The summed E-state index contributed by atoms with van der Waals surface area (Å²) in [5, 5.41) is 6.63. The van der Waals surface area contributed by atoms with Gasteiger partial charge in [0.2, 0.25) is 0 Å². The van der Waals surface area contributed by atoms with Gasteiger partial charge in [-0.3, -0.25) is 9.89 Å². The van der Waals surface area contributed by atoms with Gasteiger partial charge in [-0.15, -0.1) is 0 Å². The zero-order chi connectivity index (χ0) is 12.6. The SMILES string of the molecule is Cc1[nH]nc(N)c1C(=O)N1CCCC(C)(C)C1. The number of carbonyl (C=O) groups is 1. The van der Waals surface area contributed by atoms with Crippen molar-refractivity contribution in [2.24, 2.45) is 5.41 Å². The van der Waals surface area contributed by atoms with Gasteiger partial charge in [0.25, 0.3) is 5.91 Å². The number of nitrogen functional groups attached to an aromatic ring is 1. The Morgan fingerprint density at radius 3 is 2.76 bits per heavy atom. The summed E-state index contributed by atoms with van der Waals surface area (Å²) in [6, 6.07) is 0. The molecule has 94 valence electrons. The van der Waals surface area contributed by atoms with E-state index in [1.165, 1.54) is 0 Å². The number of nitrogens with zero attached hydrogens (tertiary/aromatic N) is 2. The average molecular weight is 236 g/mol. The van der Waals surface area contributed by atoms with Crippen LogP contribution in [0.3, 0.4) is 0 Å². The lowest BCUT2D eigenvalue weighted by Gasteiger charge is -2.38. The number of nitrogens with two attached hydrogens (primary N) is 1. The highest BCUT2D eigenvalue weighted by atomic mass is 16.2. The third-order valence-corrected chi connectivity index (χ3v) is 3.38. The van der Waals surface area contributed by atoms with Gasteiger partial charge in [0.05, 0.1) is 0 Å². The van der Waals surface area contributed by atoms with Crippen molar-refractivity contribution in [3.05, 3.63) is 11.3 Å². The van der Waals surface area contributed by atoms with Crippen LogP contribution in [0, 0.1) is 12.3 Å². The standard InChI is InChI=1S/C12H20N4O/c1-8-9(10(13)15-14-8)11(17)16-6-4-5-12(2,3)7-16/h4-7H2,1-3H3,(H3,13,14,15). The lowest BCUT2D eigenvalue weighted by molar-refractivity contribution is 0.0584. The number of carbonyl (C=O) groups excluding carboxylic acids is 1. The zero-order valence-electron chi connectivity index (χ0n) is 10.7. The second-order valence-electron chi connectivity index (χ2n) is 5.60. The number of likely N-dealkylation sites (tertiary alicyclic amines) is 1. The predicted molar refractivity (Wildman–Crippen MR) is 66.7 cm³/mol. The van der Waals surface area contributed by atoms with E-state index in [9.17, 15) is 4.79 Å². The molecule has 0 bridgehead atoms. The first kappa shape index (κ1) is 12.0. The summed E-state index contributed by atoms with van der Waals surface area (Å²) in [5.74, 6) is 0.303. The van der Waals surface area contributed by atoms with Crippen molar-refractivity contribution in [2.45, 2.75) is 33.6 Å². The summed E-state index contributed by atoms with van der Waals surface area (Å²) in [4.78, 5) is 14.3. The first-order valence-electron chi connectivity index (χ1n) is 6.00. The van der Waals surface area contributed by atoms with E-state index in [0.717, 1.165) is 31.6 Å². The van der Waals surface area contributed by atoms with E-state index in [2.05, 4.69) is 24.0 Å². The van der Waals surface area contributed by atoms with E-state index in [-0.39, 0.29) is 11.3 Å². The van der Waals surface area contributed by atoms with Gasteiger partial charge in [-0.05, 0) is 25.2 Å². The molecule has 1 aromatic heterocycles. The van der Waals surface area contributed by atoms with Crippen molar-refractivity contribution in [2.75, 3.05) is 18.8 Å². The quantitative estimate of drug-likeness (QED) is 0.777. The number of anilines is 1. The van der Waals surface area contributed by atoms with Crippen LogP contribution in [0.1, 0.15) is 42.7 Å². The summed E-state index contributed by atoms with van der Waals surface area (Å²) >= 11 is 0. The first-order chi connectivity index (χ1) is 7.91. The normalized spacial score (nSPS) is 19.4. The minimum Gasteiger partial charge on any atom is -0.382 e. The highest BCUT2D eigenvalue weighted by Crippen LogP contribution is 2.30. The van der Waals surface area contributed by atoms with Crippen LogP contribution in [0.4, 0.5) is 5.82 Å². The Morgan fingerprint density at radius 2 is 2.24 bits per heavy atom. The number of piperidine rings is 1. The lowest BCUT2D eigenvalue weighted by atomic mass is 9.84. The Bertz CT molecular complexity index is 416. The molecular weight excluding hydrogens is 216 g/mol. The number of amides is 1. The molecule has 1 aliphatic heterocycles. The van der Waals surface area contributed by atoms with Crippen LogP contribution in [0.5, 0.6) is 0 Å². The van der Waals surface area contributed by atoms with Gasteiger partial charge in [0, 0.05) is 18.8 Å². The Hall–Kier alpha value is -1.52. The van der Waals surface area contributed by atoms with Crippen LogP contribution in [-0.4, -0.2) is 34.1 Å². The van der Waals surface area contributed by atoms with Crippen molar-refractivity contribution < 1.29 is 4.79 Å². The Balaban J connectivity index is 2.21. The molecule has 2 rings (SSSR count). The number of rotatable bonds is 1. The fraction of sp³-hybridized carbons (Fsp3) is 0.667. The average Bonchev–Trinajstić information content (AvgIpc) is 2.56. The molecule has 0 atom stereocenters. The molecule has 0 radical (unpaired) electrons. The second kappa shape index (κ2) is 4.05. The third kappa shape index (κ3) is 2.28. The first-order valence-corrected chi connectivity index (χ1v) is 6.00. The maximum absolute atomic E-state index is 12.4. The van der Waals surface area contributed by atoms with Crippen LogP contribution < -0.4 is 5.73 Å².